The largest absolute Gasteiger partial charge is 0.355 e. The number of nitrogens with one attached hydrogen (secondary N) is 1. The summed E-state index contributed by atoms with van der Waals surface area (Å²) in [4.78, 5) is 16.8. The Morgan fingerprint density at radius 3 is 2.87 bits per heavy atom. The van der Waals surface area contributed by atoms with E-state index in [9.17, 15) is 13.2 Å². The van der Waals surface area contributed by atoms with Crippen LogP contribution in [0.4, 0.5) is 0 Å². The fourth-order valence-corrected chi connectivity index (χ4v) is 6.44. The van der Waals surface area contributed by atoms with Gasteiger partial charge in [-0.15, -0.1) is 11.3 Å². The first kappa shape index (κ1) is 21.7. The molecule has 3 heterocycles. The van der Waals surface area contributed by atoms with Gasteiger partial charge in [0.25, 0.3) is 10.0 Å². The highest BCUT2D eigenvalue weighted by Gasteiger charge is 2.34. The maximum Gasteiger partial charge on any atom is 0.252 e. The smallest absolute Gasteiger partial charge is 0.252 e. The SMILES string of the molecule is Cc1nc(-c2csc(S(=O)(=O)N3CCC[C@H](C(=O)NCCc4ccccc4)C3)c2)no1. The fourth-order valence-electron chi connectivity index (χ4n) is 3.61. The van der Waals surface area contributed by atoms with Gasteiger partial charge in [0.15, 0.2) is 0 Å². The summed E-state index contributed by atoms with van der Waals surface area (Å²) >= 11 is 1.12. The van der Waals surface area contributed by atoms with E-state index < -0.39 is 10.0 Å². The van der Waals surface area contributed by atoms with Crippen molar-refractivity contribution in [1.82, 2.24) is 19.8 Å². The van der Waals surface area contributed by atoms with Crippen LogP contribution in [0.1, 0.15) is 24.3 Å². The topological polar surface area (TPSA) is 105 Å². The van der Waals surface area contributed by atoms with Gasteiger partial charge in [0.2, 0.25) is 17.6 Å². The highest BCUT2D eigenvalue weighted by molar-refractivity contribution is 7.91. The molecule has 8 nitrogen and oxygen atoms in total. The normalized spacial score (nSPS) is 17.5. The minimum absolute atomic E-state index is 0.0926. The van der Waals surface area contributed by atoms with E-state index >= 15 is 0 Å². The predicted octanol–water partition coefficient (Wildman–Crippen LogP) is 2.87. The van der Waals surface area contributed by atoms with Crippen molar-refractivity contribution in [1.29, 1.82) is 0 Å². The van der Waals surface area contributed by atoms with Gasteiger partial charge >= 0.3 is 0 Å². The van der Waals surface area contributed by atoms with E-state index in [-0.39, 0.29) is 22.6 Å². The minimum Gasteiger partial charge on any atom is -0.355 e. The molecule has 164 valence electrons. The molecule has 1 aliphatic heterocycles. The van der Waals surface area contributed by atoms with Crippen LogP contribution in [-0.2, 0) is 21.2 Å². The molecule has 0 saturated carbocycles. The number of carbonyl (C=O) groups excluding carboxylic acids is 1. The summed E-state index contributed by atoms with van der Waals surface area (Å²) in [6, 6.07) is 11.5. The Balaban J connectivity index is 1.38. The van der Waals surface area contributed by atoms with Crippen LogP contribution in [0.15, 0.2) is 50.5 Å². The summed E-state index contributed by atoms with van der Waals surface area (Å²) in [5, 5.41) is 8.50. The summed E-state index contributed by atoms with van der Waals surface area (Å²) in [6.07, 6.45) is 2.08. The molecule has 0 unspecified atom stereocenters. The van der Waals surface area contributed by atoms with Crippen molar-refractivity contribution in [2.24, 2.45) is 5.92 Å². The molecular formula is C21H24N4O4S2. The molecule has 1 saturated heterocycles. The Morgan fingerprint density at radius 1 is 1.32 bits per heavy atom. The van der Waals surface area contributed by atoms with E-state index in [2.05, 4.69) is 15.5 Å². The Bertz CT molecular complexity index is 1140. The Hall–Kier alpha value is -2.56. The summed E-state index contributed by atoms with van der Waals surface area (Å²) in [6.45, 7) is 2.81. The lowest BCUT2D eigenvalue weighted by Crippen LogP contribution is -2.45. The van der Waals surface area contributed by atoms with Crippen molar-refractivity contribution in [3.05, 3.63) is 53.2 Å². The average Bonchev–Trinajstić information content (AvgIpc) is 3.44. The van der Waals surface area contributed by atoms with Crippen molar-refractivity contribution in [3.8, 4) is 11.4 Å². The second-order valence-corrected chi connectivity index (χ2v) is 10.6. The zero-order valence-corrected chi connectivity index (χ0v) is 18.8. The van der Waals surface area contributed by atoms with Gasteiger partial charge < -0.3 is 9.84 Å². The number of benzene rings is 1. The van der Waals surface area contributed by atoms with Gasteiger partial charge in [-0.1, -0.05) is 35.5 Å². The Labute approximate surface area is 185 Å². The third-order valence-electron chi connectivity index (χ3n) is 5.27. The van der Waals surface area contributed by atoms with Crippen LogP contribution in [0.3, 0.4) is 0 Å². The molecular weight excluding hydrogens is 436 g/mol. The zero-order chi connectivity index (χ0) is 21.8. The average molecular weight is 461 g/mol. The second-order valence-electron chi connectivity index (χ2n) is 7.52. The molecule has 2 aromatic heterocycles. The lowest BCUT2D eigenvalue weighted by Gasteiger charge is -2.30. The molecule has 1 atom stereocenters. The van der Waals surface area contributed by atoms with Crippen molar-refractivity contribution >= 4 is 27.3 Å². The van der Waals surface area contributed by atoms with Crippen molar-refractivity contribution in [2.45, 2.75) is 30.4 Å². The maximum atomic E-state index is 13.1. The van der Waals surface area contributed by atoms with E-state index in [0.29, 0.717) is 43.2 Å². The lowest BCUT2D eigenvalue weighted by atomic mass is 9.99. The molecule has 1 N–H and O–H groups in total. The van der Waals surface area contributed by atoms with Gasteiger partial charge in [0.1, 0.15) is 4.21 Å². The zero-order valence-electron chi connectivity index (χ0n) is 17.2. The Kier molecular flexibility index (Phi) is 6.49. The van der Waals surface area contributed by atoms with Gasteiger partial charge in [-0.25, -0.2) is 8.42 Å². The molecule has 1 fully saturated rings. The number of hydrogen-bond donors (Lipinski definition) is 1. The van der Waals surface area contributed by atoms with Gasteiger partial charge in [-0.3, -0.25) is 4.79 Å². The van der Waals surface area contributed by atoms with Gasteiger partial charge in [0.05, 0.1) is 5.92 Å². The van der Waals surface area contributed by atoms with Gasteiger partial charge in [0, 0.05) is 37.5 Å². The number of rotatable bonds is 7. The third-order valence-corrected chi connectivity index (χ3v) is 8.55. The van der Waals surface area contributed by atoms with E-state index in [1.165, 1.54) is 4.31 Å². The monoisotopic (exact) mass is 460 g/mol. The summed E-state index contributed by atoms with van der Waals surface area (Å²) in [7, 11) is -3.69. The molecule has 4 rings (SSSR count). The Morgan fingerprint density at radius 2 is 2.13 bits per heavy atom. The second kappa shape index (κ2) is 9.29. The van der Waals surface area contributed by atoms with Crippen LogP contribution >= 0.6 is 11.3 Å². The summed E-state index contributed by atoms with van der Waals surface area (Å²) in [5.41, 5.74) is 1.76. The number of thiophene rings is 1. The van der Waals surface area contributed by atoms with Crippen LogP contribution < -0.4 is 5.32 Å². The van der Waals surface area contributed by atoms with E-state index in [0.717, 1.165) is 23.3 Å². The summed E-state index contributed by atoms with van der Waals surface area (Å²) in [5.74, 6) is 0.343. The standard InChI is InChI=1S/C21H24N4O4S2/c1-15-23-20(24-29-15)18-12-19(30-14-18)31(27,28)25-11-5-8-17(13-25)21(26)22-10-9-16-6-3-2-4-7-16/h2-4,6-7,12,14,17H,5,8-11,13H2,1H3,(H,22,26)/t17-/m0/s1. The van der Waals surface area contributed by atoms with Crippen molar-refractivity contribution in [2.75, 3.05) is 19.6 Å². The first-order chi connectivity index (χ1) is 14.9. The highest BCUT2D eigenvalue weighted by Crippen LogP contribution is 2.31. The molecule has 10 heteroatoms. The first-order valence-corrected chi connectivity index (χ1v) is 12.5. The van der Waals surface area contributed by atoms with Crippen LogP contribution in [0.2, 0.25) is 0 Å². The van der Waals surface area contributed by atoms with Crippen LogP contribution in [-0.4, -0.2) is 48.4 Å². The quantitative estimate of drug-likeness (QED) is 0.581. The number of aryl methyl sites for hydroxylation is 1. The predicted molar refractivity (Wildman–Crippen MR) is 117 cm³/mol. The number of nitrogens with zero attached hydrogens (tertiary/aromatic N) is 3. The lowest BCUT2D eigenvalue weighted by molar-refractivity contribution is -0.126. The summed E-state index contributed by atoms with van der Waals surface area (Å²) < 4.78 is 32.9. The number of hydrogen-bond acceptors (Lipinski definition) is 7. The number of piperidine rings is 1. The molecule has 0 radical (unpaired) electrons. The van der Waals surface area contributed by atoms with E-state index in [1.54, 1.807) is 18.4 Å². The first-order valence-electron chi connectivity index (χ1n) is 10.1. The molecule has 3 aromatic rings. The van der Waals surface area contributed by atoms with Gasteiger partial charge in [-0.05, 0) is 30.9 Å². The van der Waals surface area contributed by atoms with Crippen LogP contribution in [0.5, 0.6) is 0 Å². The van der Waals surface area contributed by atoms with Crippen molar-refractivity contribution < 1.29 is 17.7 Å². The third kappa shape index (κ3) is 5.03. The van der Waals surface area contributed by atoms with E-state index in [4.69, 9.17) is 4.52 Å². The molecule has 1 amide bonds. The van der Waals surface area contributed by atoms with Crippen LogP contribution in [0.25, 0.3) is 11.4 Å². The molecule has 1 aliphatic rings. The molecule has 0 aliphatic carbocycles. The molecule has 0 spiro atoms. The van der Waals surface area contributed by atoms with Gasteiger partial charge in [-0.2, -0.15) is 9.29 Å². The number of amides is 1. The van der Waals surface area contributed by atoms with Crippen LogP contribution in [0, 0.1) is 12.8 Å². The number of aromatic nitrogens is 2. The molecule has 31 heavy (non-hydrogen) atoms. The fraction of sp³-hybridized carbons (Fsp3) is 0.381. The number of sulfonamides is 1. The van der Waals surface area contributed by atoms with Crippen molar-refractivity contribution in [3.63, 3.8) is 0 Å². The highest BCUT2D eigenvalue weighted by atomic mass is 32.2. The molecule has 1 aromatic carbocycles. The van der Waals surface area contributed by atoms with E-state index in [1.807, 2.05) is 30.3 Å². The molecule has 0 bridgehead atoms. The minimum atomic E-state index is -3.69. The maximum absolute atomic E-state index is 13.1. The number of carbonyl (C=O) groups is 1.